The van der Waals surface area contributed by atoms with E-state index >= 15 is 0 Å². The summed E-state index contributed by atoms with van der Waals surface area (Å²) in [5.74, 6) is 0.783. The number of fused-ring (bicyclic) bond motifs is 1. The van der Waals surface area contributed by atoms with Gasteiger partial charge in [-0.1, -0.05) is 12.1 Å². The molecule has 8 nitrogen and oxygen atoms in total. The van der Waals surface area contributed by atoms with Gasteiger partial charge in [0.05, 0.1) is 30.6 Å². The van der Waals surface area contributed by atoms with Crippen LogP contribution in [0, 0.1) is 0 Å². The first-order valence-electron chi connectivity index (χ1n) is 11.6. The van der Waals surface area contributed by atoms with Crippen molar-refractivity contribution in [3.05, 3.63) is 35.5 Å². The summed E-state index contributed by atoms with van der Waals surface area (Å²) < 4.78 is 5.62. The van der Waals surface area contributed by atoms with E-state index < -0.39 is 0 Å². The van der Waals surface area contributed by atoms with Gasteiger partial charge in [-0.15, -0.1) is 0 Å². The van der Waals surface area contributed by atoms with Gasteiger partial charge in [0.15, 0.2) is 0 Å². The highest BCUT2D eigenvalue weighted by molar-refractivity contribution is 5.90. The first-order chi connectivity index (χ1) is 15.5. The number of benzene rings is 1. The van der Waals surface area contributed by atoms with Gasteiger partial charge < -0.3 is 20.3 Å². The first-order valence-corrected chi connectivity index (χ1v) is 11.6. The molecular weight excluding hydrogens is 404 g/mol. The van der Waals surface area contributed by atoms with E-state index in [9.17, 15) is 4.79 Å². The van der Waals surface area contributed by atoms with Gasteiger partial charge in [0.25, 0.3) is 0 Å². The van der Waals surface area contributed by atoms with Crippen LogP contribution < -0.4 is 15.5 Å². The van der Waals surface area contributed by atoms with Gasteiger partial charge in [0.2, 0.25) is 5.95 Å². The molecule has 2 fully saturated rings. The molecule has 2 N–H and O–H groups in total. The number of carbonyl (C=O) groups is 1. The Hall–Kier alpha value is -2.71. The van der Waals surface area contributed by atoms with E-state index in [4.69, 9.17) is 14.7 Å². The van der Waals surface area contributed by atoms with Crippen LogP contribution in [0.3, 0.4) is 0 Å². The Labute approximate surface area is 189 Å². The number of nitrogens with zero attached hydrogens (tertiary/aromatic N) is 4. The Kier molecular flexibility index (Phi) is 5.73. The zero-order chi connectivity index (χ0) is 22.2. The highest BCUT2D eigenvalue weighted by Crippen LogP contribution is 2.34. The second-order valence-corrected chi connectivity index (χ2v) is 9.36. The number of morpholine rings is 1. The zero-order valence-corrected chi connectivity index (χ0v) is 19.1. The van der Waals surface area contributed by atoms with Crippen molar-refractivity contribution in [2.24, 2.45) is 0 Å². The molecule has 1 saturated heterocycles. The standard InChI is InChI=1S/C24H32N6O2/c1-15(2)29-12-20-21(13-29)27-23(30-10-11-32-14-16(30)3)28-22(20)17-4-6-18(7-5-17)25-24(31)26-19-8-9-19/h4-7,15-16,19H,8-14H2,1-3H3,(H2,25,26,31)/t16-/m0/s1. The number of rotatable bonds is 5. The summed E-state index contributed by atoms with van der Waals surface area (Å²) in [6, 6.07) is 8.86. The summed E-state index contributed by atoms with van der Waals surface area (Å²) in [6.45, 7) is 10.5. The van der Waals surface area contributed by atoms with E-state index in [2.05, 4.69) is 41.2 Å². The molecule has 5 rings (SSSR count). The fourth-order valence-electron chi connectivity index (χ4n) is 4.31. The summed E-state index contributed by atoms with van der Waals surface area (Å²) in [5, 5.41) is 5.88. The molecule has 1 aliphatic carbocycles. The first kappa shape index (κ1) is 21.2. The van der Waals surface area contributed by atoms with Crippen LogP contribution in [-0.2, 0) is 17.8 Å². The predicted molar refractivity (Wildman–Crippen MR) is 125 cm³/mol. The molecule has 3 heterocycles. The molecule has 8 heteroatoms. The molecule has 2 aliphatic heterocycles. The molecule has 32 heavy (non-hydrogen) atoms. The van der Waals surface area contributed by atoms with Crippen LogP contribution in [0.2, 0.25) is 0 Å². The van der Waals surface area contributed by atoms with E-state index in [-0.39, 0.29) is 12.1 Å². The van der Waals surface area contributed by atoms with Crippen LogP contribution in [0.5, 0.6) is 0 Å². The van der Waals surface area contributed by atoms with Gasteiger partial charge in [-0.25, -0.2) is 14.8 Å². The second kappa shape index (κ2) is 8.67. The second-order valence-electron chi connectivity index (χ2n) is 9.36. The lowest BCUT2D eigenvalue weighted by Gasteiger charge is -2.33. The van der Waals surface area contributed by atoms with Gasteiger partial charge in [-0.05, 0) is 45.7 Å². The lowest BCUT2D eigenvalue weighted by Crippen LogP contribution is -2.44. The third-order valence-electron chi connectivity index (χ3n) is 6.48. The Bertz CT molecular complexity index is 989. The van der Waals surface area contributed by atoms with E-state index in [1.165, 1.54) is 5.56 Å². The summed E-state index contributed by atoms with van der Waals surface area (Å²) in [6.07, 6.45) is 2.14. The van der Waals surface area contributed by atoms with Crippen molar-refractivity contribution in [2.45, 2.75) is 64.8 Å². The summed E-state index contributed by atoms with van der Waals surface area (Å²) in [7, 11) is 0. The number of aromatic nitrogens is 2. The van der Waals surface area contributed by atoms with E-state index in [1.807, 2.05) is 24.3 Å². The fourth-order valence-corrected chi connectivity index (χ4v) is 4.31. The van der Waals surface area contributed by atoms with Gasteiger partial charge >= 0.3 is 6.03 Å². The molecule has 3 aliphatic rings. The third kappa shape index (κ3) is 4.42. The maximum atomic E-state index is 12.1. The van der Waals surface area contributed by atoms with Gasteiger partial charge in [0, 0.05) is 48.5 Å². The lowest BCUT2D eigenvalue weighted by atomic mass is 10.1. The zero-order valence-electron chi connectivity index (χ0n) is 19.1. The van der Waals surface area contributed by atoms with E-state index in [0.29, 0.717) is 25.3 Å². The number of urea groups is 1. The molecule has 0 bridgehead atoms. The molecule has 170 valence electrons. The Balaban J connectivity index is 1.44. The van der Waals surface area contributed by atoms with Crippen LogP contribution in [-0.4, -0.2) is 58.8 Å². The number of anilines is 2. The minimum atomic E-state index is -0.139. The summed E-state index contributed by atoms with van der Waals surface area (Å²) >= 11 is 0. The number of nitrogens with one attached hydrogen (secondary N) is 2. The Morgan fingerprint density at radius 2 is 1.94 bits per heavy atom. The number of ether oxygens (including phenoxy) is 1. The van der Waals surface area contributed by atoms with Crippen molar-refractivity contribution < 1.29 is 9.53 Å². The van der Waals surface area contributed by atoms with Crippen molar-refractivity contribution in [1.82, 2.24) is 20.2 Å². The maximum absolute atomic E-state index is 12.1. The Morgan fingerprint density at radius 1 is 1.16 bits per heavy atom. The molecule has 0 spiro atoms. The molecule has 0 radical (unpaired) electrons. The molecule has 1 saturated carbocycles. The number of amides is 2. The highest BCUT2D eigenvalue weighted by Gasteiger charge is 2.30. The average molecular weight is 437 g/mol. The van der Waals surface area contributed by atoms with E-state index in [0.717, 1.165) is 61.1 Å². The van der Waals surface area contributed by atoms with Gasteiger partial charge in [-0.3, -0.25) is 4.90 Å². The predicted octanol–water partition coefficient (Wildman–Crippen LogP) is 3.38. The van der Waals surface area contributed by atoms with E-state index in [1.54, 1.807) is 0 Å². The van der Waals surface area contributed by atoms with Crippen LogP contribution in [0.15, 0.2) is 24.3 Å². The van der Waals surface area contributed by atoms with Crippen LogP contribution in [0.25, 0.3) is 11.3 Å². The van der Waals surface area contributed by atoms with Crippen molar-refractivity contribution in [2.75, 3.05) is 30.0 Å². The van der Waals surface area contributed by atoms with Crippen LogP contribution in [0.4, 0.5) is 16.4 Å². The number of hydrogen-bond acceptors (Lipinski definition) is 6. The summed E-state index contributed by atoms with van der Waals surface area (Å²) in [4.78, 5) is 26.8. The quantitative estimate of drug-likeness (QED) is 0.748. The minimum absolute atomic E-state index is 0.139. The van der Waals surface area contributed by atoms with Crippen LogP contribution >= 0.6 is 0 Å². The molecule has 2 aromatic rings. The third-order valence-corrected chi connectivity index (χ3v) is 6.48. The number of carbonyl (C=O) groups excluding carboxylic acids is 1. The summed E-state index contributed by atoms with van der Waals surface area (Å²) in [5.41, 5.74) is 5.13. The van der Waals surface area contributed by atoms with Gasteiger partial charge in [0.1, 0.15) is 0 Å². The molecular formula is C24H32N6O2. The topological polar surface area (TPSA) is 82.6 Å². The molecule has 1 aromatic carbocycles. The van der Waals surface area contributed by atoms with Gasteiger partial charge in [-0.2, -0.15) is 0 Å². The lowest BCUT2D eigenvalue weighted by molar-refractivity contribution is 0.0980. The SMILES string of the molecule is CC(C)N1Cc2nc(N3CCOC[C@@H]3C)nc(-c3ccc(NC(=O)NC4CC4)cc3)c2C1. The average Bonchev–Trinajstić information content (AvgIpc) is 3.47. The van der Waals surface area contributed by atoms with Crippen molar-refractivity contribution in [1.29, 1.82) is 0 Å². The number of hydrogen-bond donors (Lipinski definition) is 2. The monoisotopic (exact) mass is 436 g/mol. The molecule has 1 aromatic heterocycles. The normalized spacial score (nSPS) is 21.0. The fraction of sp³-hybridized carbons (Fsp3) is 0.542. The Morgan fingerprint density at radius 3 is 2.62 bits per heavy atom. The van der Waals surface area contributed by atoms with Crippen LogP contribution in [0.1, 0.15) is 44.9 Å². The van der Waals surface area contributed by atoms with Crippen molar-refractivity contribution in [3.8, 4) is 11.3 Å². The highest BCUT2D eigenvalue weighted by atomic mass is 16.5. The minimum Gasteiger partial charge on any atom is -0.377 e. The molecule has 2 amide bonds. The van der Waals surface area contributed by atoms with Crippen molar-refractivity contribution in [3.63, 3.8) is 0 Å². The van der Waals surface area contributed by atoms with Crippen molar-refractivity contribution >= 4 is 17.7 Å². The maximum Gasteiger partial charge on any atom is 0.319 e. The molecule has 1 atom stereocenters. The molecule has 0 unspecified atom stereocenters. The smallest absolute Gasteiger partial charge is 0.319 e. The largest absolute Gasteiger partial charge is 0.377 e.